The number of thiazole rings is 1. The van der Waals surface area contributed by atoms with E-state index in [1.807, 2.05) is 0 Å². The van der Waals surface area contributed by atoms with Crippen LogP contribution in [-0.2, 0) is 6.42 Å². The lowest BCUT2D eigenvalue weighted by Gasteiger charge is -2.12. The van der Waals surface area contributed by atoms with Crippen molar-refractivity contribution in [3.05, 3.63) is 52.0 Å². The van der Waals surface area contributed by atoms with Crippen LogP contribution in [0.3, 0.4) is 0 Å². The van der Waals surface area contributed by atoms with Crippen molar-refractivity contribution in [2.45, 2.75) is 32.6 Å². The summed E-state index contributed by atoms with van der Waals surface area (Å²) in [5, 5.41) is 6.87. The van der Waals surface area contributed by atoms with Gasteiger partial charge in [0.25, 0.3) is 0 Å². The van der Waals surface area contributed by atoms with Gasteiger partial charge in [0.05, 0.1) is 5.01 Å². The molecule has 0 radical (unpaired) electrons. The summed E-state index contributed by atoms with van der Waals surface area (Å²) in [5.41, 5.74) is 2.57. The van der Waals surface area contributed by atoms with Crippen LogP contribution in [0.5, 0.6) is 0 Å². The molecule has 1 atom stereocenters. The average Bonchev–Trinajstić information content (AvgIpc) is 2.85. The van der Waals surface area contributed by atoms with Crippen LogP contribution in [0.1, 0.15) is 35.5 Å². The molecule has 0 amide bonds. The van der Waals surface area contributed by atoms with E-state index in [1.165, 1.54) is 17.0 Å². The van der Waals surface area contributed by atoms with E-state index in [4.69, 9.17) is 0 Å². The lowest BCUT2D eigenvalue weighted by Crippen LogP contribution is -2.19. The topological polar surface area (TPSA) is 24.9 Å². The number of hydrogen-bond donors (Lipinski definition) is 1. The van der Waals surface area contributed by atoms with Crippen molar-refractivity contribution < 1.29 is 0 Å². The van der Waals surface area contributed by atoms with Gasteiger partial charge in [-0.05, 0) is 31.4 Å². The third-order valence-corrected chi connectivity index (χ3v) is 4.33. The SMILES string of the molecule is Cc1csc(CCNCCC(C)c2ccccc2)n1. The third-order valence-electron chi connectivity index (χ3n) is 3.30. The minimum absolute atomic E-state index is 0.621. The van der Waals surface area contributed by atoms with E-state index in [-0.39, 0.29) is 0 Å². The zero-order chi connectivity index (χ0) is 13.5. The standard InChI is InChI=1S/C16H22N2S/c1-13(15-6-4-3-5-7-15)8-10-17-11-9-16-18-14(2)12-19-16/h3-7,12-13,17H,8-11H2,1-2H3. The second-order valence-corrected chi connectivity index (χ2v) is 5.93. The van der Waals surface area contributed by atoms with Crippen molar-refractivity contribution in [3.63, 3.8) is 0 Å². The lowest BCUT2D eigenvalue weighted by molar-refractivity contribution is 0.594. The molecule has 0 bridgehead atoms. The van der Waals surface area contributed by atoms with E-state index in [2.05, 4.69) is 59.9 Å². The Bertz CT molecular complexity index is 479. The Kier molecular flexibility index (Phi) is 5.55. The van der Waals surface area contributed by atoms with E-state index in [9.17, 15) is 0 Å². The number of benzene rings is 1. The van der Waals surface area contributed by atoms with Crippen LogP contribution in [0.4, 0.5) is 0 Å². The molecule has 2 aromatic rings. The molecule has 0 saturated carbocycles. The molecule has 19 heavy (non-hydrogen) atoms. The Morgan fingerprint density at radius 1 is 1.21 bits per heavy atom. The molecular formula is C16H22N2S. The molecule has 1 aromatic carbocycles. The van der Waals surface area contributed by atoms with Crippen LogP contribution in [0.25, 0.3) is 0 Å². The number of nitrogens with zero attached hydrogens (tertiary/aromatic N) is 1. The average molecular weight is 274 g/mol. The van der Waals surface area contributed by atoms with Gasteiger partial charge < -0.3 is 5.32 Å². The molecule has 0 saturated heterocycles. The van der Waals surface area contributed by atoms with Gasteiger partial charge in [-0.1, -0.05) is 37.3 Å². The van der Waals surface area contributed by atoms with Crippen molar-refractivity contribution in [1.29, 1.82) is 0 Å². The lowest BCUT2D eigenvalue weighted by atomic mass is 9.98. The van der Waals surface area contributed by atoms with Crippen LogP contribution in [0.2, 0.25) is 0 Å². The quantitative estimate of drug-likeness (QED) is 0.777. The molecule has 1 unspecified atom stereocenters. The predicted molar refractivity (Wildman–Crippen MR) is 82.9 cm³/mol. The molecule has 0 aliphatic carbocycles. The van der Waals surface area contributed by atoms with Crippen molar-refractivity contribution in [3.8, 4) is 0 Å². The number of aromatic nitrogens is 1. The van der Waals surface area contributed by atoms with E-state index >= 15 is 0 Å². The zero-order valence-corrected chi connectivity index (χ0v) is 12.5. The van der Waals surface area contributed by atoms with Crippen molar-refractivity contribution in [2.24, 2.45) is 0 Å². The van der Waals surface area contributed by atoms with Crippen LogP contribution in [-0.4, -0.2) is 18.1 Å². The van der Waals surface area contributed by atoms with E-state index in [0.717, 1.165) is 25.2 Å². The van der Waals surface area contributed by atoms with Crippen LogP contribution >= 0.6 is 11.3 Å². The van der Waals surface area contributed by atoms with E-state index in [0.29, 0.717) is 5.92 Å². The van der Waals surface area contributed by atoms with Crippen LogP contribution in [0.15, 0.2) is 35.7 Å². The van der Waals surface area contributed by atoms with Crippen LogP contribution in [0, 0.1) is 6.92 Å². The van der Waals surface area contributed by atoms with Crippen molar-refractivity contribution in [2.75, 3.05) is 13.1 Å². The van der Waals surface area contributed by atoms with Gasteiger partial charge in [0.1, 0.15) is 0 Å². The Hall–Kier alpha value is -1.19. The maximum absolute atomic E-state index is 4.47. The smallest absolute Gasteiger partial charge is 0.0940 e. The molecule has 0 aliphatic heterocycles. The Morgan fingerprint density at radius 2 is 2.00 bits per heavy atom. The molecule has 0 spiro atoms. The van der Waals surface area contributed by atoms with Gasteiger partial charge >= 0.3 is 0 Å². The van der Waals surface area contributed by atoms with Gasteiger partial charge in [-0.15, -0.1) is 11.3 Å². The molecule has 1 heterocycles. The number of nitrogens with one attached hydrogen (secondary N) is 1. The first-order chi connectivity index (χ1) is 9.25. The fourth-order valence-electron chi connectivity index (χ4n) is 2.10. The summed E-state index contributed by atoms with van der Waals surface area (Å²) in [6, 6.07) is 10.7. The minimum Gasteiger partial charge on any atom is -0.316 e. The minimum atomic E-state index is 0.621. The monoisotopic (exact) mass is 274 g/mol. The molecule has 1 aromatic heterocycles. The molecule has 102 valence electrons. The van der Waals surface area contributed by atoms with Gasteiger partial charge in [0, 0.05) is 24.0 Å². The van der Waals surface area contributed by atoms with Crippen LogP contribution < -0.4 is 5.32 Å². The summed E-state index contributed by atoms with van der Waals surface area (Å²) in [6.45, 7) is 6.44. The fraction of sp³-hybridized carbons (Fsp3) is 0.438. The highest BCUT2D eigenvalue weighted by molar-refractivity contribution is 7.09. The van der Waals surface area contributed by atoms with Gasteiger partial charge in [-0.25, -0.2) is 4.98 Å². The molecule has 2 nitrogen and oxygen atoms in total. The Labute approximate surface area is 119 Å². The summed E-state index contributed by atoms with van der Waals surface area (Å²) >= 11 is 1.76. The highest BCUT2D eigenvalue weighted by atomic mass is 32.1. The maximum atomic E-state index is 4.47. The van der Waals surface area contributed by atoms with Gasteiger partial charge in [0.2, 0.25) is 0 Å². The van der Waals surface area contributed by atoms with Gasteiger partial charge in [-0.3, -0.25) is 0 Å². The predicted octanol–water partition coefficient (Wildman–Crippen LogP) is 3.78. The maximum Gasteiger partial charge on any atom is 0.0940 e. The summed E-state index contributed by atoms with van der Waals surface area (Å²) in [4.78, 5) is 4.47. The second-order valence-electron chi connectivity index (χ2n) is 4.98. The first kappa shape index (κ1) is 14.2. The Balaban J connectivity index is 1.62. The van der Waals surface area contributed by atoms with Gasteiger partial charge in [-0.2, -0.15) is 0 Å². The molecular weight excluding hydrogens is 252 g/mol. The molecule has 0 fully saturated rings. The number of aryl methyl sites for hydroxylation is 1. The zero-order valence-electron chi connectivity index (χ0n) is 11.7. The first-order valence-electron chi connectivity index (χ1n) is 6.92. The normalized spacial score (nSPS) is 12.5. The fourth-order valence-corrected chi connectivity index (χ4v) is 2.88. The molecule has 2 rings (SSSR count). The first-order valence-corrected chi connectivity index (χ1v) is 7.80. The highest BCUT2D eigenvalue weighted by Crippen LogP contribution is 2.17. The third kappa shape index (κ3) is 4.77. The summed E-state index contributed by atoms with van der Waals surface area (Å²) in [7, 11) is 0. The second kappa shape index (κ2) is 7.41. The summed E-state index contributed by atoms with van der Waals surface area (Å²) < 4.78 is 0. The van der Waals surface area contributed by atoms with E-state index < -0.39 is 0 Å². The summed E-state index contributed by atoms with van der Waals surface area (Å²) in [5.74, 6) is 0.621. The summed E-state index contributed by atoms with van der Waals surface area (Å²) in [6.07, 6.45) is 2.22. The van der Waals surface area contributed by atoms with Gasteiger partial charge in [0.15, 0.2) is 0 Å². The van der Waals surface area contributed by atoms with Crippen molar-refractivity contribution in [1.82, 2.24) is 10.3 Å². The molecule has 3 heteroatoms. The molecule has 1 N–H and O–H groups in total. The van der Waals surface area contributed by atoms with E-state index in [1.54, 1.807) is 11.3 Å². The van der Waals surface area contributed by atoms with Crippen molar-refractivity contribution >= 4 is 11.3 Å². The number of hydrogen-bond acceptors (Lipinski definition) is 3. The highest BCUT2D eigenvalue weighted by Gasteiger charge is 2.04. The Morgan fingerprint density at radius 3 is 2.68 bits per heavy atom. The molecule has 0 aliphatic rings. The number of rotatable bonds is 7. The largest absolute Gasteiger partial charge is 0.316 e.